The topological polar surface area (TPSA) is 54.9 Å². The zero-order valence-corrected chi connectivity index (χ0v) is 21.1. The van der Waals surface area contributed by atoms with Gasteiger partial charge in [-0.1, -0.05) is 29.0 Å². The van der Waals surface area contributed by atoms with E-state index in [2.05, 4.69) is 30.9 Å². The molecule has 0 radical (unpaired) electrons. The number of carbonyl (C=O) groups is 1. The van der Waals surface area contributed by atoms with E-state index in [0.717, 1.165) is 48.6 Å². The molecule has 0 unspecified atom stereocenters. The van der Waals surface area contributed by atoms with Crippen LogP contribution in [-0.2, 0) is 9.53 Å². The Morgan fingerprint density at radius 1 is 1.21 bits per heavy atom. The van der Waals surface area contributed by atoms with Crippen molar-refractivity contribution in [2.75, 3.05) is 44.3 Å². The van der Waals surface area contributed by atoms with Gasteiger partial charge in [0.25, 0.3) is 5.91 Å². The van der Waals surface area contributed by atoms with Crippen LogP contribution in [0.2, 0.25) is 5.02 Å². The first-order valence-electron chi connectivity index (χ1n) is 11.2. The van der Waals surface area contributed by atoms with Crippen LogP contribution in [0.25, 0.3) is 10.2 Å². The van der Waals surface area contributed by atoms with Gasteiger partial charge >= 0.3 is 0 Å². The second-order valence-corrected chi connectivity index (χ2v) is 10.3. The number of rotatable bonds is 7. The van der Waals surface area contributed by atoms with E-state index in [1.54, 1.807) is 54.3 Å². The van der Waals surface area contributed by atoms with E-state index in [1.807, 2.05) is 0 Å². The molecule has 0 N–H and O–H groups in total. The highest BCUT2D eigenvalue weighted by molar-refractivity contribution is 7.22. The van der Waals surface area contributed by atoms with E-state index >= 15 is 0 Å². The molecule has 0 bridgehead atoms. The minimum Gasteiger partial charge on any atom is -0.478 e. The maximum Gasteiger partial charge on any atom is 0.272 e. The van der Waals surface area contributed by atoms with Crippen LogP contribution in [-0.4, -0.2) is 60.8 Å². The number of fused-ring (bicyclic) bond motifs is 1. The molecular formula is C25H30ClN3O3S. The van der Waals surface area contributed by atoms with Gasteiger partial charge in [-0.15, -0.1) is 0 Å². The van der Waals surface area contributed by atoms with Crippen LogP contribution in [0.3, 0.4) is 0 Å². The van der Waals surface area contributed by atoms with Crippen molar-refractivity contribution >= 4 is 44.2 Å². The summed E-state index contributed by atoms with van der Waals surface area (Å²) in [6, 6.07) is 11.3. The lowest BCUT2D eigenvalue weighted by Gasteiger charge is -2.33. The van der Waals surface area contributed by atoms with Crippen molar-refractivity contribution in [1.82, 2.24) is 9.88 Å². The van der Waals surface area contributed by atoms with Gasteiger partial charge in [0.05, 0.1) is 23.4 Å². The molecule has 1 aliphatic rings. The van der Waals surface area contributed by atoms with Crippen molar-refractivity contribution in [3.05, 3.63) is 52.5 Å². The molecule has 3 aromatic rings. The molecule has 4 rings (SSSR count). The molecule has 6 nitrogen and oxygen atoms in total. The maximum absolute atomic E-state index is 13.8. The summed E-state index contributed by atoms with van der Waals surface area (Å²) in [5, 5.41) is 1.32. The molecule has 1 aromatic heterocycles. The number of morpholine rings is 1. The molecule has 2 aromatic carbocycles. The number of aromatic nitrogens is 1. The minimum absolute atomic E-state index is 0.126. The number of benzene rings is 2. The number of aryl methyl sites for hydroxylation is 2. The smallest absolute Gasteiger partial charge is 0.272 e. The number of amides is 1. The highest BCUT2D eigenvalue weighted by Gasteiger charge is 2.36. The van der Waals surface area contributed by atoms with Crippen molar-refractivity contribution in [2.24, 2.45) is 0 Å². The van der Waals surface area contributed by atoms with E-state index in [-0.39, 0.29) is 5.91 Å². The monoisotopic (exact) mass is 487 g/mol. The number of hydrogen-bond donors (Lipinski definition) is 0. The van der Waals surface area contributed by atoms with Crippen LogP contribution < -0.4 is 9.64 Å². The van der Waals surface area contributed by atoms with E-state index in [4.69, 9.17) is 26.1 Å². The summed E-state index contributed by atoms with van der Waals surface area (Å²) in [4.78, 5) is 22.8. The van der Waals surface area contributed by atoms with Crippen molar-refractivity contribution in [3.63, 3.8) is 0 Å². The normalized spacial score (nSPS) is 15.1. The van der Waals surface area contributed by atoms with Gasteiger partial charge in [-0.3, -0.25) is 14.6 Å². The Morgan fingerprint density at radius 3 is 2.61 bits per heavy atom. The van der Waals surface area contributed by atoms with Crippen molar-refractivity contribution in [3.8, 4) is 5.75 Å². The van der Waals surface area contributed by atoms with E-state index in [1.165, 1.54) is 5.56 Å². The molecule has 0 saturated carbocycles. The standard InChI is InChI=1S/C25H30ClN3O3S/c1-17-15-18(2)22-21(16-17)27-24(33-22)29(10-9-28-11-13-31-14-12-28)23(30)25(3,4)32-20-7-5-19(26)6-8-20/h5-8,15-16H,9-14H2,1-4H3. The van der Waals surface area contributed by atoms with Crippen LogP contribution in [0.1, 0.15) is 25.0 Å². The molecule has 2 heterocycles. The van der Waals surface area contributed by atoms with Crippen LogP contribution in [0.5, 0.6) is 5.75 Å². The van der Waals surface area contributed by atoms with Gasteiger partial charge in [-0.05, 0) is 69.2 Å². The third kappa shape index (κ3) is 5.66. The van der Waals surface area contributed by atoms with Gasteiger partial charge < -0.3 is 9.47 Å². The van der Waals surface area contributed by atoms with Gasteiger partial charge in [-0.2, -0.15) is 0 Å². The predicted octanol–water partition coefficient (Wildman–Crippen LogP) is 5.09. The van der Waals surface area contributed by atoms with Crippen LogP contribution >= 0.6 is 22.9 Å². The Morgan fingerprint density at radius 2 is 1.91 bits per heavy atom. The fraction of sp³-hybridized carbons (Fsp3) is 0.440. The minimum atomic E-state index is -1.08. The number of ether oxygens (including phenoxy) is 2. The Hall–Kier alpha value is -2.19. The fourth-order valence-electron chi connectivity index (χ4n) is 4.00. The predicted molar refractivity (Wildman–Crippen MR) is 135 cm³/mol. The van der Waals surface area contributed by atoms with Crippen molar-refractivity contribution < 1.29 is 14.3 Å². The average molecular weight is 488 g/mol. The summed E-state index contributed by atoms with van der Waals surface area (Å²) < 4.78 is 12.7. The average Bonchev–Trinajstić information content (AvgIpc) is 3.20. The third-order valence-electron chi connectivity index (χ3n) is 5.73. The Kier molecular flexibility index (Phi) is 7.24. The summed E-state index contributed by atoms with van der Waals surface area (Å²) in [5.74, 6) is 0.473. The summed E-state index contributed by atoms with van der Waals surface area (Å²) in [7, 11) is 0. The number of carbonyl (C=O) groups excluding carboxylic acids is 1. The first kappa shape index (κ1) is 24.0. The molecule has 0 atom stereocenters. The Balaban J connectivity index is 1.63. The quantitative estimate of drug-likeness (QED) is 0.464. The van der Waals surface area contributed by atoms with Gasteiger partial charge in [0.1, 0.15) is 5.75 Å². The largest absolute Gasteiger partial charge is 0.478 e. The van der Waals surface area contributed by atoms with Crippen molar-refractivity contribution in [1.29, 1.82) is 0 Å². The molecule has 1 aliphatic heterocycles. The van der Waals surface area contributed by atoms with Gasteiger partial charge in [-0.25, -0.2) is 4.98 Å². The van der Waals surface area contributed by atoms with E-state index in [9.17, 15) is 4.79 Å². The SMILES string of the molecule is Cc1cc(C)c2sc(N(CCN3CCOCC3)C(=O)C(C)(C)Oc3ccc(Cl)cc3)nc2c1. The summed E-state index contributed by atoms with van der Waals surface area (Å²) >= 11 is 7.56. The third-order valence-corrected chi connectivity index (χ3v) is 7.21. The first-order chi connectivity index (χ1) is 15.7. The molecule has 1 saturated heterocycles. The van der Waals surface area contributed by atoms with Crippen LogP contribution in [0, 0.1) is 13.8 Å². The molecule has 0 aliphatic carbocycles. The zero-order valence-electron chi connectivity index (χ0n) is 19.6. The summed E-state index contributed by atoms with van der Waals surface area (Å²) in [6.45, 7) is 12.2. The molecule has 33 heavy (non-hydrogen) atoms. The number of halogens is 1. The second kappa shape index (κ2) is 9.97. The highest BCUT2D eigenvalue weighted by Crippen LogP contribution is 2.34. The van der Waals surface area contributed by atoms with Crippen LogP contribution in [0.15, 0.2) is 36.4 Å². The number of anilines is 1. The van der Waals surface area contributed by atoms with Gasteiger partial charge in [0.2, 0.25) is 0 Å². The van der Waals surface area contributed by atoms with E-state index in [0.29, 0.717) is 22.4 Å². The van der Waals surface area contributed by atoms with Gasteiger partial charge in [0, 0.05) is 31.2 Å². The lowest BCUT2D eigenvalue weighted by atomic mass is 10.1. The molecule has 0 spiro atoms. The number of nitrogens with zero attached hydrogens (tertiary/aromatic N) is 3. The first-order valence-corrected chi connectivity index (χ1v) is 12.4. The van der Waals surface area contributed by atoms with Gasteiger partial charge in [0.15, 0.2) is 10.7 Å². The molecule has 1 fully saturated rings. The lowest BCUT2D eigenvalue weighted by Crippen LogP contribution is -2.51. The summed E-state index contributed by atoms with van der Waals surface area (Å²) in [5.41, 5.74) is 2.18. The van der Waals surface area contributed by atoms with Crippen molar-refractivity contribution in [2.45, 2.75) is 33.3 Å². The molecule has 1 amide bonds. The molecule has 8 heteroatoms. The number of hydrogen-bond acceptors (Lipinski definition) is 6. The Bertz CT molecular complexity index is 1120. The maximum atomic E-state index is 13.8. The number of thiazole rings is 1. The fourth-order valence-corrected chi connectivity index (χ4v) is 5.16. The highest BCUT2D eigenvalue weighted by atomic mass is 35.5. The molecule has 176 valence electrons. The summed E-state index contributed by atoms with van der Waals surface area (Å²) in [6.07, 6.45) is 0. The van der Waals surface area contributed by atoms with E-state index < -0.39 is 5.60 Å². The zero-order chi connectivity index (χ0) is 23.6. The second-order valence-electron chi connectivity index (χ2n) is 8.90. The van der Waals surface area contributed by atoms with Crippen LogP contribution in [0.4, 0.5) is 5.13 Å². The lowest BCUT2D eigenvalue weighted by molar-refractivity contribution is -0.131. The Labute approximate surface area is 204 Å². The molecular weight excluding hydrogens is 458 g/mol.